The number of fused-ring (bicyclic) bond motifs is 1. The van der Waals surface area contributed by atoms with Crippen LogP contribution in [0.2, 0.25) is 0 Å². The average molecular weight is 424 g/mol. The molecule has 2 atom stereocenters. The summed E-state index contributed by atoms with van der Waals surface area (Å²) in [7, 11) is 2.98. The first-order valence-corrected chi connectivity index (χ1v) is 9.73. The number of Topliss-reactive ketones (excluding diaryl/α,β-unsaturated/α-hetero) is 1. The Bertz CT molecular complexity index is 1010. The van der Waals surface area contributed by atoms with Gasteiger partial charge in [-0.3, -0.25) is 19.4 Å². The van der Waals surface area contributed by atoms with Crippen LogP contribution in [0.25, 0.3) is 0 Å². The molecule has 2 saturated heterocycles. The Morgan fingerprint density at radius 3 is 2.40 bits per heavy atom. The van der Waals surface area contributed by atoms with Crippen LogP contribution in [0.15, 0.2) is 54.6 Å². The first-order valence-electron chi connectivity index (χ1n) is 9.32. The van der Waals surface area contributed by atoms with Gasteiger partial charge in [-0.1, -0.05) is 18.2 Å². The number of rotatable bonds is 5. The second kappa shape index (κ2) is 7.75. The second-order valence-corrected chi connectivity index (χ2v) is 7.39. The van der Waals surface area contributed by atoms with E-state index in [9.17, 15) is 14.4 Å². The van der Waals surface area contributed by atoms with Gasteiger partial charge in [-0.25, -0.2) is 4.79 Å². The number of methoxy groups -OCH3 is 1. The topological polar surface area (TPSA) is 82.2 Å². The van der Waals surface area contributed by atoms with Crippen LogP contribution in [0.4, 0.5) is 10.5 Å². The Balaban J connectivity index is 1.63. The maximum atomic E-state index is 13.0. The maximum Gasteiger partial charge on any atom is 0.332 e. The fraction of sp³-hybridized carbons (Fsp3) is 0.238. The third-order valence-corrected chi connectivity index (χ3v) is 5.63. The molecule has 30 heavy (non-hydrogen) atoms. The Labute approximate surface area is 179 Å². The lowest BCUT2D eigenvalue weighted by atomic mass is 10.1. The van der Waals surface area contributed by atoms with Crippen LogP contribution in [0.3, 0.4) is 0 Å². The van der Waals surface area contributed by atoms with Gasteiger partial charge in [0.05, 0.1) is 13.7 Å². The summed E-state index contributed by atoms with van der Waals surface area (Å²) in [5.41, 5.74) is 1.12. The number of anilines is 1. The van der Waals surface area contributed by atoms with E-state index in [1.165, 1.54) is 11.9 Å². The summed E-state index contributed by atoms with van der Waals surface area (Å²) in [5.74, 6) is 0.0409. The molecule has 0 radical (unpaired) electrons. The van der Waals surface area contributed by atoms with Gasteiger partial charge in [-0.15, -0.1) is 0 Å². The summed E-state index contributed by atoms with van der Waals surface area (Å²) >= 11 is 5.43. The zero-order chi connectivity index (χ0) is 21.4. The standard InChI is InChI=1S/C21H20N4O4S/c1-23-19(27)17-18(25(21(23)28)14-6-4-3-5-7-14)22-20(30)24(17)12-16(26)13-8-10-15(29-2)11-9-13/h3-11,17-18H,12H2,1-2H3,(H,22,30). The Hall–Kier alpha value is -3.46. The summed E-state index contributed by atoms with van der Waals surface area (Å²) in [5, 5.41) is 3.31. The summed E-state index contributed by atoms with van der Waals surface area (Å²) in [6, 6.07) is 14.5. The number of para-hydroxylation sites is 1. The number of urea groups is 1. The molecule has 2 unspecified atom stereocenters. The minimum atomic E-state index is -0.803. The average Bonchev–Trinajstić information content (AvgIpc) is 3.08. The van der Waals surface area contributed by atoms with Gasteiger partial charge in [0.15, 0.2) is 16.9 Å². The molecule has 3 amide bonds. The van der Waals surface area contributed by atoms with Crippen molar-refractivity contribution in [2.45, 2.75) is 12.2 Å². The van der Waals surface area contributed by atoms with E-state index in [-0.39, 0.29) is 17.4 Å². The minimum Gasteiger partial charge on any atom is -0.497 e. The normalized spacial score (nSPS) is 20.9. The van der Waals surface area contributed by atoms with Crippen molar-refractivity contribution in [2.24, 2.45) is 0 Å². The molecule has 8 nitrogen and oxygen atoms in total. The largest absolute Gasteiger partial charge is 0.497 e. The van der Waals surface area contributed by atoms with Gasteiger partial charge in [0.2, 0.25) is 0 Å². The lowest BCUT2D eigenvalue weighted by molar-refractivity contribution is -0.132. The van der Waals surface area contributed by atoms with Gasteiger partial charge in [0.1, 0.15) is 11.9 Å². The number of amides is 3. The van der Waals surface area contributed by atoms with E-state index >= 15 is 0 Å². The SMILES string of the molecule is COc1ccc(C(=O)CN2C(=S)NC3C2C(=O)N(C)C(=O)N3c2ccccc2)cc1. The molecule has 0 saturated carbocycles. The number of carbonyl (C=O) groups is 3. The quantitative estimate of drug-likeness (QED) is 0.580. The molecular weight excluding hydrogens is 404 g/mol. The van der Waals surface area contributed by atoms with Gasteiger partial charge >= 0.3 is 6.03 Å². The molecule has 0 bridgehead atoms. The molecule has 2 aliphatic heterocycles. The number of likely N-dealkylation sites (N-methyl/N-ethyl adjacent to an activating group) is 1. The number of hydrogen-bond acceptors (Lipinski definition) is 5. The highest BCUT2D eigenvalue weighted by molar-refractivity contribution is 7.80. The smallest absolute Gasteiger partial charge is 0.332 e. The number of benzene rings is 2. The van der Waals surface area contributed by atoms with E-state index < -0.39 is 24.1 Å². The van der Waals surface area contributed by atoms with Crippen LogP contribution in [-0.4, -0.2) is 65.5 Å². The molecule has 0 aromatic heterocycles. The number of nitrogens with zero attached hydrogens (tertiary/aromatic N) is 3. The highest BCUT2D eigenvalue weighted by Crippen LogP contribution is 2.30. The van der Waals surface area contributed by atoms with E-state index in [4.69, 9.17) is 17.0 Å². The van der Waals surface area contributed by atoms with Crippen LogP contribution < -0.4 is 15.0 Å². The van der Waals surface area contributed by atoms with Crippen LogP contribution >= 0.6 is 12.2 Å². The highest BCUT2D eigenvalue weighted by Gasteiger charge is 2.53. The first kappa shape index (κ1) is 19.8. The molecule has 1 N–H and O–H groups in total. The number of nitrogens with one attached hydrogen (secondary N) is 1. The lowest BCUT2D eigenvalue weighted by Crippen LogP contribution is -2.66. The summed E-state index contributed by atoms with van der Waals surface area (Å²) < 4.78 is 5.12. The molecule has 2 aliphatic rings. The summed E-state index contributed by atoms with van der Waals surface area (Å²) in [6.45, 7) is -0.0876. The van der Waals surface area contributed by atoms with Gasteiger partial charge < -0.3 is 15.0 Å². The molecule has 2 aromatic rings. The Morgan fingerprint density at radius 1 is 1.10 bits per heavy atom. The van der Waals surface area contributed by atoms with Crippen LogP contribution in [0.1, 0.15) is 10.4 Å². The van der Waals surface area contributed by atoms with Gasteiger partial charge in [0, 0.05) is 18.3 Å². The first-order chi connectivity index (χ1) is 14.4. The fourth-order valence-corrected chi connectivity index (χ4v) is 3.98. The monoisotopic (exact) mass is 424 g/mol. The van der Waals surface area contributed by atoms with Crippen LogP contribution in [-0.2, 0) is 4.79 Å². The molecule has 9 heteroatoms. The third-order valence-electron chi connectivity index (χ3n) is 5.28. The molecule has 2 aromatic carbocycles. The summed E-state index contributed by atoms with van der Waals surface area (Å²) in [6.07, 6.45) is -0.695. The van der Waals surface area contributed by atoms with E-state index in [1.807, 2.05) is 18.2 Å². The van der Waals surface area contributed by atoms with E-state index in [1.54, 1.807) is 48.4 Å². The zero-order valence-electron chi connectivity index (χ0n) is 16.4. The molecular formula is C21H20N4O4S. The fourth-order valence-electron chi connectivity index (χ4n) is 3.69. The lowest BCUT2D eigenvalue weighted by Gasteiger charge is -2.41. The third kappa shape index (κ3) is 3.26. The highest BCUT2D eigenvalue weighted by atomic mass is 32.1. The van der Waals surface area contributed by atoms with Crippen LogP contribution in [0, 0.1) is 0 Å². The molecule has 2 heterocycles. The van der Waals surface area contributed by atoms with E-state index in [0.717, 1.165) is 4.90 Å². The summed E-state index contributed by atoms with van der Waals surface area (Å²) in [4.78, 5) is 42.8. The van der Waals surface area contributed by atoms with Crippen molar-refractivity contribution >= 4 is 40.7 Å². The number of carbonyl (C=O) groups excluding carboxylic acids is 3. The molecule has 0 spiro atoms. The predicted molar refractivity (Wildman–Crippen MR) is 114 cm³/mol. The van der Waals surface area contributed by atoms with Crippen molar-refractivity contribution in [3.8, 4) is 5.75 Å². The van der Waals surface area contributed by atoms with Gasteiger partial charge in [0.25, 0.3) is 5.91 Å². The number of ketones is 1. The van der Waals surface area contributed by atoms with E-state index in [2.05, 4.69) is 5.32 Å². The Morgan fingerprint density at radius 2 is 1.77 bits per heavy atom. The molecule has 2 fully saturated rings. The van der Waals surface area contributed by atoms with Crippen molar-refractivity contribution in [3.05, 3.63) is 60.2 Å². The number of ether oxygens (including phenoxy) is 1. The molecule has 0 aliphatic carbocycles. The zero-order valence-corrected chi connectivity index (χ0v) is 17.3. The van der Waals surface area contributed by atoms with Crippen molar-refractivity contribution in [3.63, 3.8) is 0 Å². The van der Waals surface area contributed by atoms with E-state index in [0.29, 0.717) is 17.0 Å². The van der Waals surface area contributed by atoms with Gasteiger partial charge in [-0.2, -0.15) is 0 Å². The second-order valence-electron chi connectivity index (χ2n) is 7.00. The van der Waals surface area contributed by atoms with Crippen molar-refractivity contribution < 1.29 is 19.1 Å². The number of imide groups is 1. The minimum absolute atomic E-state index is 0.0876. The van der Waals surface area contributed by atoms with Crippen molar-refractivity contribution in [2.75, 3.05) is 25.6 Å². The number of hydrogen-bond donors (Lipinski definition) is 1. The van der Waals surface area contributed by atoms with Crippen molar-refractivity contribution in [1.82, 2.24) is 15.1 Å². The molecule has 4 rings (SSSR count). The maximum absolute atomic E-state index is 13.0. The Kier molecular flexibility index (Phi) is 5.13. The predicted octanol–water partition coefficient (Wildman–Crippen LogP) is 1.86. The van der Waals surface area contributed by atoms with Crippen molar-refractivity contribution in [1.29, 1.82) is 0 Å². The van der Waals surface area contributed by atoms with Gasteiger partial charge in [-0.05, 0) is 48.6 Å². The number of thiocarbonyl (C=S) groups is 1. The molecule has 154 valence electrons. The van der Waals surface area contributed by atoms with Crippen LogP contribution in [0.5, 0.6) is 5.75 Å².